The maximum atomic E-state index is 12.0. The van der Waals surface area contributed by atoms with E-state index in [9.17, 15) is 4.57 Å². The van der Waals surface area contributed by atoms with E-state index in [-0.39, 0.29) is 19.0 Å². The van der Waals surface area contributed by atoms with Crippen molar-refractivity contribution in [1.29, 1.82) is 5.26 Å². The minimum Gasteiger partial charge on any atom is -0.404 e. The molecule has 0 fully saturated rings. The van der Waals surface area contributed by atoms with Gasteiger partial charge in [-0.2, -0.15) is 5.26 Å². The summed E-state index contributed by atoms with van der Waals surface area (Å²) in [5.74, 6) is 0.286. The number of nitriles is 1. The summed E-state index contributed by atoms with van der Waals surface area (Å²) in [6.07, 6.45) is 0. The van der Waals surface area contributed by atoms with Crippen LogP contribution >= 0.6 is 7.82 Å². The molecule has 0 unspecified atom stereocenters. The van der Waals surface area contributed by atoms with E-state index >= 15 is 0 Å². The van der Waals surface area contributed by atoms with Crippen LogP contribution in [0.25, 0.3) is 0 Å². The third-order valence-corrected chi connectivity index (χ3v) is 3.34. The average molecular weight is 255 g/mol. The largest absolute Gasteiger partial charge is 0.530 e. The highest BCUT2D eigenvalue weighted by Gasteiger charge is 2.27. The predicted octanol–water partition coefficient (Wildman–Crippen LogP) is 3.12. The Hall–Kier alpha value is -1.34. The molecule has 1 aromatic carbocycles. The van der Waals surface area contributed by atoms with Gasteiger partial charge in [-0.1, -0.05) is 6.07 Å². The van der Waals surface area contributed by atoms with E-state index in [1.54, 1.807) is 32.0 Å². The predicted molar refractivity (Wildman–Crippen MR) is 62.6 cm³/mol. The van der Waals surface area contributed by atoms with Crippen LogP contribution in [0.5, 0.6) is 5.75 Å². The van der Waals surface area contributed by atoms with Gasteiger partial charge in [-0.3, -0.25) is 9.05 Å². The first-order valence-corrected chi connectivity index (χ1v) is 6.68. The van der Waals surface area contributed by atoms with Crippen molar-refractivity contribution in [3.8, 4) is 11.8 Å². The summed E-state index contributed by atoms with van der Waals surface area (Å²) in [7, 11) is -3.58. The fourth-order valence-electron chi connectivity index (χ4n) is 1.16. The second-order valence-electron chi connectivity index (χ2n) is 3.01. The van der Waals surface area contributed by atoms with Gasteiger partial charge in [0.15, 0.2) is 0 Å². The number of benzene rings is 1. The molecule has 0 atom stereocenters. The van der Waals surface area contributed by atoms with Gasteiger partial charge in [0, 0.05) is 0 Å². The molecule has 1 rings (SSSR count). The Morgan fingerprint density at radius 2 is 1.94 bits per heavy atom. The zero-order valence-corrected chi connectivity index (χ0v) is 10.6. The van der Waals surface area contributed by atoms with Gasteiger partial charge >= 0.3 is 7.82 Å². The molecule has 0 saturated heterocycles. The Balaban J connectivity index is 2.86. The second-order valence-corrected chi connectivity index (χ2v) is 4.61. The van der Waals surface area contributed by atoms with E-state index in [0.717, 1.165) is 0 Å². The molecule has 0 saturated carbocycles. The number of phosphoric ester groups is 1. The first-order chi connectivity index (χ1) is 8.13. The maximum Gasteiger partial charge on any atom is 0.530 e. The first kappa shape index (κ1) is 13.7. The third-order valence-electron chi connectivity index (χ3n) is 1.75. The smallest absolute Gasteiger partial charge is 0.404 e. The van der Waals surface area contributed by atoms with Crippen LogP contribution in [-0.4, -0.2) is 13.2 Å². The minimum atomic E-state index is -3.58. The molecule has 0 bridgehead atoms. The highest BCUT2D eigenvalue weighted by atomic mass is 31.2. The van der Waals surface area contributed by atoms with Crippen molar-refractivity contribution >= 4 is 7.82 Å². The number of phosphoric acid groups is 1. The number of hydrogen-bond donors (Lipinski definition) is 0. The molecule has 17 heavy (non-hydrogen) atoms. The standard InChI is InChI=1S/C11H14NO4P/c1-3-14-17(13,15-4-2)16-11-7-5-6-10(8-11)9-12/h5-8H,3-4H2,1-2H3. The third kappa shape index (κ3) is 4.20. The normalized spacial score (nSPS) is 10.9. The van der Waals surface area contributed by atoms with Crippen molar-refractivity contribution in [2.24, 2.45) is 0 Å². The van der Waals surface area contributed by atoms with Gasteiger partial charge in [0.1, 0.15) is 5.75 Å². The number of hydrogen-bond acceptors (Lipinski definition) is 5. The van der Waals surface area contributed by atoms with Crippen molar-refractivity contribution in [3.05, 3.63) is 29.8 Å². The van der Waals surface area contributed by atoms with Crippen LogP contribution in [0.2, 0.25) is 0 Å². The van der Waals surface area contributed by atoms with E-state index in [1.807, 2.05) is 6.07 Å². The van der Waals surface area contributed by atoms with Crippen LogP contribution in [0.4, 0.5) is 0 Å². The summed E-state index contributed by atoms with van der Waals surface area (Å²) >= 11 is 0. The van der Waals surface area contributed by atoms with Crippen LogP contribution in [0.3, 0.4) is 0 Å². The van der Waals surface area contributed by atoms with Crippen LogP contribution in [0.1, 0.15) is 19.4 Å². The number of nitrogens with zero attached hydrogens (tertiary/aromatic N) is 1. The van der Waals surface area contributed by atoms with Gasteiger partial charge in [0.05, 0.1) is 24.8 Å². The molecule has 6 heteroatoms. The zero-order chi connectivity index (χ0) is 12.7. The molecule has 0 heterocycles. The lowest BCUT2D eigenvalue weighted by molar-refractivity contribution is 0.167. The summed E-state index contributed by atoms with van der Waals surface area (Å²) in [6.45, 7) is 3.83. The molecule has 0 aliphatic heterocycles. The molecular weight excluding hydrogens is 241 g/mol. The van der Waals surface area contributed by atoms with Crippen molar-refractivity contribution in [3.63, 3.8) is 0 Å². The van der Waals surface area contributed by atoms with Crippen molar-refractivity contribution in [1.82, 2.24) is 0 Å². The Morgan fingerprint density at radius 1 is 1.29 bits per heavy atom. The summed E-state index contributed by atoms with van der Waals surface area (Å²) < 4.78 is 27.2. The lowest BCUT2D eigenvalue weighted by Gasteiger charge is -2.16. The fraction of sp³-hybridized carbons (Fsp3) is 0.364. The molecule has 5 nitrogen and oxygen atoms in total. The SMILES string of the molecule is CCOP(=O)(OCC)Oc1cccc(C#N)c1. The maximum absolute atomic E-state index is 12.0. The van der Waals surface area contributed by atoms with Gasteiger partial charge in [-0.25, -0.2) is 4.57 Å². The van der Waals surface area contributed by atoms with Crippen molar-refractivity contribution < 1.29 is 18.1 Å². The Bertz CT molecular complexity index is 445. The lowest BCUT2D eigenvalue weighted by Crippen LogP contribution is -2.02. The van der Waals surface area contributed by atoms with Crippen molar-refractivity contribution in [2.75, 3.05) is 13.2 Å². The van der Waals surface area contributed by atoms with Crippen LogP contribution in [0.15, 0.2) is 24.3 Å². The van der Waals surface area contributed by atoms with E-state index in [2.05, 4.69) is 0 Å². The quantitative estimate of drug-likeness (QED) is 0.730. The van der Waals surface area contributed by atoms with E-state index < -0.39 is 7.82 Å². The Morgan fingerprint density at radius 3 is 2.47 bits per heavy atom. The Labute approximate surface area is 101 Å². The van der Waals surface area contributed by atoms with Crippen LogP contribution in [-0.2, 0) is 13.6 Å². The van der Waals surface area contributed by atoms with Gasteiger partial charge in [0.2, 0.25) is 0 Å². The topological polar surface area (TPSA) is 68.6 Å². The molecule has 0 aliphatic rings. The zero-order valence-electron chi connectivity index (χ0n) is 9.75. The van der Waals surface area contributed by atoms with E-state index in [1.165, 1.54) is 6.07 Å². The van der Waals surface area contributed by atoms with Crippen LogP contribution in [0, 0.1) is 11.3 Å². The summed E-state index contributed by atoms with van der Waals surface area (Å²) in [6, 6.07) is 8.29. The first-order valence-electron chi connectivity index (χ1n) is 5.22. The molecule has 0 N–H and O–H groups in total. The highest BCUT2D eigenvalue weighted by Crippen LogP contribution is 2.49. The lowest BCUT2D eigenvalue weighted by atomic mass is 10.2. The summed E-state index contributed by atoms with van der Waals surface area (Å²) in [5.41, 5.74) is 0.419. The van der Waals surface area contributed by atoms with Gasteiger partial charge in [0.25, 0.3) is 0 Å². The fourth-order valence-corrected chi connectivity index (χ4v) is 2.34. The minimum absolute atomic E-state index is 0.217. The highest BCUT2D eigenvalue weighted by molar-refractivity contribution is 7.48. The summed E-state index contributed by atoms with van der Waals surface area (Å²) in [5, 5.41) is 8.73. The molecule has 1 aromatic rings. The Kier molecular flexibility index (Phi) is 5.17. The van der Waals surface area contributed by atoms with E-state index in [4.69, 9.17) is 18.8 Å². The molecule has 0 aromatic heterocycles. The van der Waals surface area contributed by atoms with Crippen LogP contribution < -0.4 is 4.52 Å². The number of rotatable bonds is 6. The summed E-state index contributed by atoms with van der Waals surface area (Å²) in [4.78, 5) is 0. The van der Waals surface area contributed by atoms with E-state index in [0.29, 0.717) is 5.56 Å². The second kappa shape index (κ2) is 6.41. The van der Waals surface area contributed by atoms with Gasteiger partial charge in [-0.05, 0) is 32.0 Å². The molecular formula is C11H14NO4P. The molecule has 0 spiro atoms. The van der Waals surface area contributed by atoms with Crippen molar-refractivity contribution in [2.45, 2.75) is 13.8 Å². The van der Waals surface area contributed by atoms with Gasteiger partial charge < -0.3 is 4.52 Å². The molecule has 0 aliphatic carbocycles. The molecule has 92 valence electrons. The molecule has 0 amide bonds. The van der Waals surface area contributed by atoms with Gasteiger partial charge in [-0.15, -0.1) is 0 Å². The average Bonchev–Trinajstić information content (AvgIpc) is 2.29. The molecule has 0 radical (unpaired) electrons. The monoisotopic (exact) mass is 255 g/mol.